The molecule has 0 heterocycles. The molecule has 1 N–H and O–H groups in total. The van der Waals surface area contributed by atoms with Crippen molar-refractivity contribution in [1.29, 1.82) is 0 Å². The van der Waals surface area contributed by atoms with Crippen LogP contribution < -0.4 is 0 Å². The maximum absolute atomic E-state index is 8.87. The third kappa shape index (κ3) is 1.48. The van der Waals surface area contributed by atoms with Gasteiger partial charge in [-0.2, -0.15) is 0 Å². The lowest BCUT2D eigenvalue weighted by Gasteiger charge is -2.08. The summed E-state index contributed by atoms with van der Waals surface area (Å²) in [4.78, 5) is 0. The van der Waals surface area contributed by atoms with Crippen LogP contribution in [0.25, 0.3) is 0 Å². The van der Waals surface area contributed by atoms with Crippen molar-refractivity contribution in [3.05, 3.63) is 23.8 Å². The molecule has 0 bridgehead atoms. The standard InChI is InChI=1S/C9H14O/c1-2-4-8-5-3-6-9(8)7-10/h3,5-6,9-10H,2,4,7H2,1H3. The van der Waals surface area contributed by atoms with Crippen LogP contribution in [0, 0.1) is 5.92 Å². The average Bonchev–Trinajstić information content (AvgIpc) is 2.36. The molecule has 10 heavy (non-hydrogen) atoms. The van der Waals surface area contributed by atoms with Gasteiger partial charge in [0.1, 0.15) is 0 Å². The minimum Gasteiger partial charge on any atom is -0.395 e. The Kier molecular flexibility index (Phi) is 2.69. The number of rotatable bonds is 3. The SMILES string of the molecule is CCCC1=CC=CC1CO. The van der Waals surface area contributed by atoms with Gasteiger partial charge in [-0.3, -0.25) is 0 Å². The molecule has 1 nitrogen and oxygen atoms in total. The van der Waals surface area contributed by atoms with Crippen molar-refractivity contribution in [2.75, 3.05) is 6.61 Å². The molecule has 0 radical (unpaired) electrons. The first-order chi connectivity index (χ1) is 4.88. The van der Waals surface area contributed by atoms with Crippen LogP contribution in [0.2, 0.25) is 0 Å². The fourth-order valence-corrected chi connectivity index (χ4v) is 1.30. The van der Waals surface area contributed by atoms with Gasteiger partial charge in [0.15, 0.2) is 0 Å². The summed E-state index contributed by atoms with van der Waals surface area (Å²) in [5.74, 6) is 0.319. The van der Waals surface area contributed by atoms with Gasteiger partial charge in [0.2, 0.25) is 0 Å². The largest absolute Gasteiger partial charge is 0.395 e. The van der Waals surface area contributed by atoms with Crippen LogP contribution in [0.15, 0.2) is 23.8 Å². The summed E-state index contributed by atoms with van der Waals surface area (Å²) >= 11 is 0. The fraction of sp³-hybridized carbons (Fsp3) is 0.556. The van der Waals surface area contributed by atoms with E-state index in [1.54, 1.807) is 0 Å². The Labute approximate surface area is 62.1 Å². The van der Waals surface area contributed by atoms with E-state index in [1.807, 2.05) is 6.08 Å². The summed E-state index contributed by atoms with van der Waals surface area (Å²) in [6, 6.07) is 0. The number of hydrogen-bond acceptors (Lipinski definition) is 1. The quantitative estimate of drug-likeness (QED) is 0.631. The van der Waals surface area contributed by atoms with Gasteiger partial charge in [-0.25, -0.2) is 0 Å². The van der Waals surface area contributed by atoms with E-state index >= 15 is 0 Å². The molecule has 1 atom stereocenters. The maximum atomic E-state index is 8.87. The molecule has 1 heteroatoms. The van der Waals surface area contributed by atoms with Crippen molar-refractivity contribution >= 4 is 0 Å². The highest BCUT2D eigenvalue weighted by molar-refractivity contribution is 5.27. The molecule has 0 aliphatic heterocycles. The highest BCUT2D eigenvalue weighted by atomic mass is 16.3. The third-order valence-corrected chi connectivity index (χ3v) is 1.87. The molecule has 0 saturated carbocycles. The van der Waals surface area contributed by atoms with Gasteiger partial charge in [0.25, 0.3) is 0 Å². The zero-order valence-corrected chi connectivity index (χ0v) is 6.38. The molecule has 0 aromatic rings. The highest BCUT2D eigenvalue weighted by Gasteiger charge is 2.11. The van der Waals surface area contributed by atoms with Crippen molar-refractivity contribution in [1.82, 2.24) is 0 Å². The topological polar surface area (TPSA) is 20.2 Å². The molecule has 0 saturated heterocycles. The van der Waals surface area contributed by atoms with Crippen LogP contribution in [0.4, 0.5) is 0 Å². The second-order valence-electron chi connectivity index (χ2n) is 2.67. The van der Waals surface area contributed by atoms with Gasteiger partial charge >= 0.3 is 0 Å². The number of hydrogen-bond donors (Lipinski definition) is 1. The van der Waals surface area contributed by atoms with Crippen molar-refractivity contribution in [3.8, 4) is 0 Å². The van der Waals surface area contributed by atoms with Gasteiger partial charge in [-0.05, 0) is 6.42 Å². The van der Waals surface area contributed by atoms with E-state index in [2.05, 4.69) is 19.1 Å². The number of aliphatic hydroxyl groups excluding tert-OH is 1. The number of aliphatic hydroxyl groups is 1. The number of allylic oxidation sites excluding steroid dienone is 2. The summed E-state index contributed by atoms with van der Waals surface area (Å²) in [6.07, 6.45) is 8.50. The van der Waals surface area contributed by atoms with Crippen LogP contribution in [0.1, 0.15) is 19.8 Å². The van der Waals surface area contributed by atoms with Crippen molar-refractivity contribution < 1.29 is 5.11 Å². The molecule has 1 unspecified atom stereocenters. The first-order valence-electron chi connectivity index (χ1n) is 3.86. The predicted molar refractivity (Wildman–Crippen MR) is 42.7 cm³/mol. The van der Waals surface area contributed by atoms with Gasteiger partial charge in [0.05, 0.1) is 6.61 Å². The van der Waals surface area contributed by atoms with E-state index in [-0.39, 0.29) is 6.61 Å². The Morgan fingerprint density at radius 3 is 3.00 bits per heavy atom. The lowest BCUT2D eigenvalue weighted by Crippen LogP contribution is -2.02. The van der Waals surface area contributed by atoms with Crippen LogP contribution in [-0.2, 0) is 0 Å². The molecular weight excluding hydrogens is 124 g/mol. The monoisotopic (exact) mass is 138 g/mol. The zero-order valence-electron chi connectivity index (χ0n) is 6.38. The zero-order chi connectivity index (χ0) is 7.40. The normalized spacial score (nSPS) is 23.4. The fourth-order valence-electron chi connectivity index (χ4n) is 1.30. The van der Waals surface area contributed by atoms with E-state index in [1.165, 1.54) is 12.0 Å². The Morgan fingerprint density at radius 2 is 2.40 bits per heavy atom. The van der Waals surface area contributed by atoms with Crippen molar-refractivity contribution in [3.63, 3.8) is 0 Å². The van der Waals surface area contributed by atoms with Crippen molar-refractivity contribution in [2.45, 2.75) is 19.8 Å². The van der Waals surface area contributed by atoms with Crippen LogP contribution in [-0.4, -0.2) is 11.7 Å². The lowest BCUT2D eigenvalue weighted by atomic mass is 10.00. The van der Waals surface area contributed by atoms with E-state index < -0.39 is 0 Å². The highest BCUT2D eigenvalue weighted by Crippen LogP contribution is 2.22. The summed E-state index contributed by atoms with van der Waals surface area (Å²) < 4.78 is 0. The molecule has 0 spiro atoms. The van der Waals surface area contributed by atoms with E-state index in [0.717, 1.165) is 6.42 Å². The molecule has 1 aliphatic carbocycles. The van der Waals surface area contributed by atoms with Gasteiger partial charge in [-0.1, -0.05) is 37.1 Å². The summed E-state index contributed by atoms with van der Waals surface area (Å²) in [5.41, 5.74) is 1.38. The molecule has 1 rings (SSSR count). The van der Waals surface area contributed by atoms with Crippen molar-refractivity contribution in [2.24, 2.45) is 5.92 Å². The average molecular weight is 138 g/mol. The third-order valence-electron chi connectivity index (χ3n) is 1.87. The second kappa shape index (κ2) is 3.57. The first kappa shape index (κ1) is 7.55. The van der Waals surface area contributed by atoms with Gasteiger partial charge in [0, 0.05) is 5.92 Å². The Hall–Kier alpha value is -0.560. The molecular formula is C9H14O. The van der Waals surface area contributed by atoms with Gasteiger partial charge < -0.3 is 5.11 Å². The van der Waals surface area contributed by atoms with Crippen LogP contribution in [0.5, 0.6) is 0 Å². The summed E-state index contributed by atoms with van der Waals surface area (Å²) in [5, 5.41) is 8.87. The maximum Gasteiger partial charge on any atom is 0.0531 e. The first-order valence-corrected chi connectivity index (χ1v) is 3.86. The van der Waals surface area contributed by atoms with Crippen LogP contribution >= 0.6 is 0 Å². The van der Waals surface area contributed by atoms with Crippen LogP contribution in [0.3, 0.4) is 0 Å². The predicted octanol–water partition coefficient (Wildman–Crippen LogP) is 1.89. The Balaban J connectivity index is 2.45. The molecule has 0 aromatic carbocycles. The minimum absolute atomic E-state index is 0.266. The molecule has 56 valence electrons. The lowest BCUT2D eigenvalue weighted by molar-refractivity contribution is 0.268. The second-order valence-corrected chi connectivity index (χ2v) is 2.67. The molecule has 1 aliphatic rings. The molecule has 0 amide bonds. The Bertz CT molecular complexity index is 156. The van der Waals surface area contributed by atoms with E-state index in [4.69, 9.17) is 5.11 Å². The van der Waals surface area contributed by atoms with Gasteiger partial charge in [-0.15, -0.1) is 0 Å². The minimum atomic E-state index is 0.266. The van der Waals surface area contributed by atoms with E-state index in [0.29, 0.717) is 5.92 Å². The van der Waals surface area contributed by atoms with E-state index in [9.17, 15) is 0 Å². The summed E-state index contributed by atoms with van der Waals surface area (Å²) in [6.45, 7) is 2.43. The molecule has 0 aromatic heterocycles. The summed E-state index contributed by atoms with van der Waals surface area (Å²) in [7, 11) is 0. The Morgan fingerprint density at radius 1 is 1.60 bits per heavy atom. The molecule has 0 fully saturated rings. The smallest absolute Gasteiger partial charge is 0.0531 e.